The van der Waals surface area contributed by atoms with Gasteiger partial charge in [-0.15, -0.1) is 0 Å². The van der Waals surface area contributed by atoms with Gasteiger partial charge >= 0.3 is 0 Å². The predicted octanol–water partition coefficient (Wildman–Crippen LogP) is 3.74. The smallest absolute Gasteiger partial charge is 0.0459 e. The van der Waals surface area contributed by atoms with Crippen LogP contribution in [0.3, 0.4) is 0 Å². The topological polar surface area (TPSA) is 20.2 Å². The van der Waals surface area contributed by atoms with E-state index in [2.05, 4.69) is 48.5 Å². The van der Waals surface area contributed by atoms with Crippen LogP contribution in [0.4, 0.5) is 0 Å². The van der Waals surface area contributed by atoms with Crippen LogP contribution in [-0.2, 0) is 0 Å². The Labute approximate surface area is 103 Å². The molecule has 17 heavy (non-hydrogen) atoms. The Morgan fingerprint density at radius 3 is 1.41 bits per heavy atom. The van der Waals surface area contributed by atoms with Gasteiger partial charge in [0.15, 0.2) is 0 Å². The predicted molar refractivity (Wildman–Crippen MR) is 71.7 cm³/mol. The van der Waals surface area contributed by atoms with Crippen molar-refractivity contribution in [3.8, 4) is 11.1 Å². The lowest BCUT2D eigenvalue weighted by Gasteiger charge is -1.98. The van der Waals surface area contributed by atoms with Gasteiger partial charge in [-0.2, -0.15) is 0 Å². The zero-order chi connectivity index (χ0) is 11.9. The third kappa shape index (κ3) is 4.04. The summed E-state index contributed by atoms with van der Waals surface area (Å²) in [5.74, 6) is 0.690. The third-order valence-electron chi connectivity index (χ3n) is 2.84. The van der Waals surface area contributed by atoms with E-state index in [0.29, 0.717) is 12.5 Å². The highest BCUT2D eigenvalue weighted by atomic mass is 16.3. The second-order valence-electron chi connectivity index (χ2n) is 4.36. The van der Waals surface area contributed by atoms with Gasteiger partial charge < -0.3 is 5.11 Å². The SMILES string of the molecule is OCC1CC1.c1ccc(-c2ccccc2)cc1. The van der Waals surface area contributed by atoms with Gasteiger partial charge in [0.1, 0.15) is 0 Å². The zero-order valence-electron chi connectivity index (χ0n) is 9.92. The molecule has 0 heterocycles. The Bertz CT molecular complexity index is 380. The maximum atomic E-state index is 8.21. The van der Waals surface area contributed by atoms with Crippen molar-refractivity contribution in [3.63, 3.8) is 0 Å². The maximum absolute atomic E-state index is 8.21. The fraction of sp³-hybridized carbons (Fsp3) is 0.250. The zero-order valence-corrected chi connectivity index (χ0v) is 9.92. The number of hydrogen-bond acceptors (Lipinski definition) is 1. The van der Waals surface area contributed by atoms with Crippen LogP contribution in [0.1, 0.15) is 12.8 Å². The highest BCUT2D eigenvalue weighted by Gasteiger charge is 2.18. The van der Waals surface area contributed by atoms with Crippen LogP contribution in [0.15, 0.2) is 60.7 Å². The van der Waals surface area contributed by atoms with Gasteiger partial charge in [0.05, 0.1) is 0 Å². The lowest BCUT2D eigenvalue weighted by Crippen LogP contribution is -1.78. The standard InChI is InChI=1S/C12H10.C4H8O/c1-3-7-11(8-4-1)12-9-5-2-6-10-12;5-3-4-1-2-4/h1-10H;4-5H,1-3H2. The molecule has 3 rings (SSSR count). The Morgan fingerprint density at radius 1 is 0.765 bits per heavy atom. The summed E-state index contributed by atoms with van der Waals surface area (Å²) in [7, 11) is 0. The first kappa shape index (κ1) is 11.9. The summed E-state index contributed by atoms with van der Waals surface area (Å²) in [6, 6.07) is 20.8. The quantitative estimate of drug-likeness (QED) is 0.827. The molecule has 0 saturated heterocycles. The van der Waals surface area contributed by atoms with Crippen LogP contribution in [0.5, 0.6) is 0 Å². The van der Waals surface area contributed by atoms with Gasteiger partial charge in [-0.3, -0.25) is 0 Å². The summed E-state index contributed by atoms with van der Waals surface area (Å²) in [6.07, 6.45) is 2.52. The first-order valence-electron chi connectivity index (χ1n) is 6.11. The van der Waals surface area contributed by atoms with E-state index in [-0.39, 0.29) is 0 Å². The number of aliphatic hydroxyl groups is 1. The molecule has 0 atom stereocenters. The van der Waals surface area contributed by atoms with Crippen LogP contribution in [0, 0.1) is 5.92 Å². The molecule has 1 N–H and O–H groups in total. The van der Waals surface area contributed by atoms with Crippen molar-refractivity contribution in [2.75, 3.05) is 6.61 Å². The molecular formula is C16H18O. The molecule has 88 valence electrons. The van der Waals surface area contributed by atoms with Gasteiger partial charge in [0, 0.05) is 6.61 Å². The van der Waals surface area contributed by atoms with Crippen molar-refractivity contribution in [2.24, 2.45) is 5.92 Å². The first-order valence-corrected chi connectivity index (χ1v) is 6.11. The minimum Gasteiger partial charge on any atom is -0.396 e. The molecule has 0 radical (unpaired) electrons. The Morgan fingerprint density at radius 2 is 1.18 bits per heavy atom. The molecule has 2 aromatic rings. The van der Waals surface area contributed by atoms with Crippen molar-refractivity contribution in [1.82, 2.24) is 0 Å². The van der Waals surface area contributed by atoms with Gasteiger partial charge in [-0.05, 0) is 29.9 Å². The summed E-state index contributed by atoms with van der Waals surface area (Å²) < 4.78 is 0. The second kappa shape index (κ2) is 6.21. The number of hydrogen-bond donors (Lipinski definition) is 1. The van der Waals surface area contributed by atoms with Crippen molar-refractivity contribution in [1.29, 1.82) is 0 Å². The average molecular weight is 226 g/mol. The third-order valence-corrected chi connectivity index (χ3v) is 2.84. The highest BCUT2D eigenvalue weighted by molar-refractivity contribution is 5.62. The lowest BCUT2D eigenvalue weighted by atomic mass is 10.1. The van der Waals surface area contributed by atoms with Gasteiger partial charge in [0.2, 0.25) is 0 Å². The lowest BCUT2D eigenvalue weighted by molar-refractivity contribution is 0.277. The number of rotatable bonds is 2. The summed E-state index contributed by atoms with van der Waals surface area (Å²) >= 11 is 0. The molecule has 0 spiro atoms. The van der Waals surface area contributed by atoms with Crippen LogP contribution in [-0.4, -0.2) is 11.7 Å². The minimum atomic E-state index is 0.417. The normalized spacial score (nSPS) is 13.7. The molecule has 0 bridgehead atoms. The van der Waals surface area contributed by atoms with E-state index in [1.54, 1.807) is 0 Å². The summed E-state index contributed by atoms with van der Waals surface area (Å²) in [4.78, 5) is 0. The molecule has 0 unspecified atom stereocenters. The van der Waals surface area contributed by atoms with E-state index < -0.39 is 0 Å². The molecule has 1 nitrogen and oxygen atoms in total. The molecule has 2 aromatic carbocycles. The summed E-state index contributed by atoms with van der Waals surface area (Å²) in [5.41, 5.74) is 2.55. The fourth-order valence-corrected chi connectivity index (χ4v) is 1.56. The molecule has 0 amide bonds. The summed E-state index contributed by atoms with van der Waals surface area (Å²) in [6.45, 7) is 0.417. The van der Waals surface area contributed by atoms with Crippen molar-refractivity contribution < 1.29 is 5.11 Å². The maximum Gasteiger partial charge on any atom is 0.0459 e. The van der Waals surface area contributed by atoms with Crippen molar-refractivity contribution >= 4 is 0 Å². The molecular weight excluding hydrogens is 208 g/mol. The highest BCUT2D eigenvalue weighted by Crippen LogP contribution is 2.27. The molecule has 1 aliphatic rings. The largest absolute Gasteiger partial charge is 0.396 e. The molecule has 1 fully saturated rings. The first-order chi connectivity index (χ1) is 8.40. The molecule has 1 saturated carbocycles. The summed E-state index contributed by atoms with van der Waals surface area (Å²) in [5, 5.41) is 8.21. The van der Waals surface area contributed by atoms with Crippen molar-refractivity contribution in [2.45, 2.75) is 12.8 Å². The Kier molecular flexibility index (Phi) is 4.34. The van der Waals surface area contributed by atoms with Crippen molar-refractivity contribution in [3.05, 3.63) is 60.7 Å². The fourth-order valence-electron chi connectivity index (χ4n) is 1.56. The average Bonchev–Trinajstić information content (AvgIpc) is 3.25. The van der Waals surface area contributed by atoms with Gasteiger partial charge in [-0.25, -0.2) is 0 Å². The van der Waals surface area contributed by atoms with Crippen LogP contribution < -0.4 is 0 Å². The van der Waals surface area contributed by atoms with Gasteiger partial charge in [0.25, 0.3) is 0 Å². The number of benzene rings is 2. The van der Waals surface area contributed by atoms with E-state index in [9.17, 15) is 0 Å². The van der Waals surface area contributed by atoms with E-state index in [4.69, 9.17) is 5.11 Å². The van der Waals surface area contributed by atoms with E-state index in [0.717, 1.165) is 0 Å². The van der Waals surface area contributed by atoms with E-state index in [1.165, 1.54) is 24.0 Å². The number of aliphatic hydroxyl groups excluding tert-OH is 1. The second-order valence-corrected chi connectivity index (χ2v) is 4.36. The van der Waals surface area contributed by atoms with Crippen LogP contribution in [0.25, 0.3) is 11.1 Å². The molecule has 1 heteroatoms. The Balaban J connectivity index is 0.000000181. The molecule has 1 aliphatic carbocycles. The monoisotopic (exact) mass is 226 g/mol. The molecule has 0 aliphatic heterocycles. The van der Waals surface area contributed by atoms with E-state index in [1.807, 2.05) is 12.1 Å². The van der Waals surface area contributed by atoms with Crippen LogP contribution in [0.2, 0.25) is 0 Å². The molecule has 0 aromatic heterocycles. The van der Waals surface area contributed by atoms with Gasteiger partial charge in [-0.1, -0.05) is 60.7 Å². The van der Waals surface area contributed by atoms with Crippen LogP contribution >= 0.6 is 0 Å². The Hall–Kier alpha value is -1.60. The minimum absolute atomic E-state index is 0.417. The van der Waals surface area contributed by atoms with E-state index >= 15 is 0 Å².